The fraction of sp³-hybridized carbons (Fsp3) is 0.261. The monoisotopic (exact) mass is 471 g/mol. The molecule has 0 radical (unpaired) electrons. The summed E-state index contributed by atoms with van der Waals surface area (Å²) < 4.78 is 33.4. The van der Waals surface area contributed by atoms with E-state index in [1.165, 1.54) is 15.9 Å². The second-order valence-corrected chi connectivity index (χ2v) is 10.7. The molecule has 3 aromatic rings. The normalized spacial score (nSPS) is 12.1. The molecule has 32 heavy (non-hydrogen) atoms. The van der Waals surface area contributed by atoms with E-state index >= 15 is 0 Å². The van der Waals surface area contributed by atoms with E-state index in [-0.39, 0.29) is 17.2 Å². The van der Waals surface area contributed by atoms with E-state index < -0.39 is 21.6 Å². The molecule has 7 nitrogen and oxygen atoms in total. The predicted molar refractivity (Wildman–Crippen MR) is 127 cm³/mol. The smallest absolute Gasteiger partial charge is 0.360 e. The second-order valence-electron chi connectivity index (χ2n) is 8.13. The number of carbonyl (C=O) groups is 1. The Morgan fingerprint density at radius 2 is 1.91 bits per heavy atom. The molecule has 0 aliphatic rings. The lowest BCUT2D eigenvalue weighted by Gasteiger charge is -2.23. The molecule has 0 N–H and O–H groups in total. The molecule has 0 amide bonds. The molecule has 0 spiro atoms. The number of thiazole rings is 1. The van der Waals surface area contributed by atoms with E-state index in [2.05, 4.69) is 9.97 Å². The van der Waals surface area contributed by atoms with Crippen molar-refractivity contribution in [1.82, 2.24) is 9.97 Å². The number of sulfonamides is 1. The minimum atomic E-state index is -3.96. The van der Waals surface area contributed by atoms with Crippen LogP contribution in [0.2, 0.25) is 0 Å². The van der Waals surface area contributed by atoms with Gasteiger partial charge in [-0.05, 0) is 51.0 Å². The Bertz CT molecular complexity index is 1200. The van der Waals surface area contributed by atoms with Crippen LogP contribution in [-0.4, -0.2) is 30.0 Å². The van der Waals surface area contributed by atoms with Crippen molar-refractivity contribution in [2.24, 2.45) is 0 Å². The second kappa shape index (κ2) is 9.62. The third kappa shape index (κ3) is 6.24. The summed E-state index contributed by atoms with van der Waals surface area (Å²) in [4.78, 5) is 20.8. The van der Waals surface area contributed by atoms with E-state index in [1.807, 2.05) is 31.2 Å². The molecule has 1 aromatic carbocycles. The maximum absolute atomic E-state index is 13.4. The van der Waals surface area contributed by atoms with Crippen LogP contribution in [0.25, 0.3) is 6.08 Å². The maximum Gasteiger partial charge on any atom is 0.360 e. The third-order valence-electron chi connectivity index (χ3n) is 4.24. The van der Waals surface area contributed by atoms with Crippen molar-refractivity contribution in [2.75, 3.05) is 4.31 Å². The van der Waals surface area contributed by atoms with E-state index in [9.17, 15) is 13.2 Å². The molecule has 9 heteroatoms. The minimum Gasteiger partial charge on any atom is -0.455 e. The van der Waals surface area contributed by atoms with E-state index in [4.69, 9.17) is 4.74 Å². The number of rotatable bonds is 7. The molecule has 3 rings (SSSR count). The molecule has 168 valence electrons. The molecule has 2 heterocycles. The van der Waals surface area contributed by atoms with E-state index in [0.29, 0.717) is 5.56 Å². The average Bonchev–Trinajstić information content (AvgIpc) is 3.21. The number of aromatic nitrogens is 2. The van der Waals surface area contributed by atoms with Gasteiger partial charge in [-0.1, -0.05) is 35.9 Å². The Labute approximate surface area is 192 Å². The van der Waals surface area contributed by atoms with Crippen LogP contribution in [0, 0.1) is 6.92 Å². The summed E-state index contributed by atoms with van der Waals surface area (Å²) in [5.74, 6) is -0.672. The molecule has 0 saturated carbocycles. The predicted octanol–water partition coefficient (Wildman–Crippen LogP) is 4.81. The minimum absolute atomic E-state index is 0.0320. The first-order chi connectivity index (χ1) is 15.0. The molecular weight excluding hydrogens is 446 g/mol. The Morgan fingerprint density at radius 1 is 1.19 bits per heavy atom. The molecule has 0 aliphatic carbocycles. The van der Waals surface area contributed by atoms with E-state index in [1.54, 1.807) is 45.3 Å². The summed E-state index contributed by atoms with van der Waals surface area (Å²) in [6.07, 6.45) is 4.65. The number of aryl methyl sites for hydroxylation is 1. The number of nitrogens with zero attached hydrogens (tertiary/aromatic N) is 3. The zero-order chi connectivity index (χ0) is 23.4. The molecule has 0 fully saturated rings. The Kier molecular flexibility index (Phi) is 7.10. The number of esters is 1. The van der Waals surface area contributed by atoms with Gasteiger partial charge >= 0.3 is 5.97 Å². The lowest BCUT2D eigenvalue weighted by molar-refractivity contribution is 0.00646. The molecule has 2 aromatic heterocycles. The van der Waals surface area contributed by atoms with Crippen LogP contribution < -0.4 is 4.31 Å². The summed E-state index contributed by atoms with van der Waals surface area (Å²) in [6, 6.07) is 11.0. The van der Waals surface area contributed by atoms with Gasteiger partial charge in [-0.25, -0.2) is 18.2 Å². The first-order valence-corrected chi connectivity index (χ1v) is 12.3. The standard InChI is InChI=1S/C23H25N3O4S2/c1-17-7-9-19(10-8-17)15-26(32(28,29)13-11-18-6-5-12-24-14-18)21-20(25-16-31-21)22(27)30-23(2,3)4/h5-14,16H,15H2,1-4H3. The molecule has 0 atom stereocenters. The van der Waals surface area contributed by atoms with Crippen LogP contribution in [0.1, 0.15) is 48.0 Å². The SMILES string of the molecule is Cc1ccc(CN(c2scnc2C(=O)OC(C)(C)C)S(=O)(=O)C=Cc2cccnc2)cc1. The summed E-state index contributed by atoms with van der Waals surface area (Å²) in [7, 11) is -3.96. The van der Waals surface area contributed by atoms with Crippen LogP contribution in [-0.2, 0) is 21.3 Å². The number of benzene rings is 1. The van der Waals surface area contributed by atoms with Gasteiger partial charge in [-0.15, -0.1) is 11.3 Å². The van der Waals surface area contributed by atoms with Gasteiger partial charge in [0, 0.05) is 12.4 Å². The van der Waals surface area contributed by atoms with Crippen molar-refractivity contribution in [2.45, 2.75) is 39.8 Å². The largest absolute Gasteiger partial charge is 0.455 e. The van der Waals surface area contributed by atoms with Crippen LogP contribution in [0.4, 0.5) is 5.00 Å². The van der Waals surface area contributed by atoms with Crippen molar-refractivity contribution in [3.8, 4) is 0 Å². The molecule has 0 bridgehead atoms. The van der Waals surface area contributed by atoms with Crippen LogP contribution in [0.15, 0.2) is 59.7 Å². The first kappa shape index (κ1) is 23.6. The van der Waals surface area contributed by atoms with Gasteiger partial charge in [-0.2, -0.15) is 0 Å². The van der Waals surface area contributed by atoms with Crippen molar-refractivity contribution in [3.63, 3.8) is 0 Å². The lowest BCUT2D eigenvalue weighted by atomic mass is 10.1. The van der Waals surface area contributed by atoms with Gasteiger partial charge in [0.15, 0.2) is 5.69 Å². The van der Waals surface area contributed by atoms with Crippen LogP contribution in [0.5, 0.6) is 0 Å². The van der Waals surface area contributed by atoms with Crippen LogP contribution >= 0.6 is 11.3 Å². The number of anilines is 1. The maximum atomic E-state index is 13.4. The zero-order valence-electron chi connectivity index (χ0n) is 18.3. The van der Waals surface area contributed by atoms with Gasteiger partial charge in [-0.3, -0.25) is 9.29 Å². The van der Waals surface area contributed by atoms with Gasteiger partial charge in [0.25, 0.3) is 10.0 Å². The third-order valence-corrected chi connectivity index (χ3v) is 6.61. The molecule has 0 saturated heterocycles. The summed E-state index contributed by atoms with van der Waals surface area (Å²) in [6.45, 7) is 7.23. The van der Waals surface area contributed by atoms with Gasteiger partial charge in [0.2, 0.25) is 0 Å². The first-order valence-electron chi connectivity index (χ1n) is 9.88. The fourth-order valence-electron chi connectivity index (χ4n) is 2.73. The van der Waals surface area contributed by atoms with Crippen molar-refractivity contribution in [1.29, 1.82) is 0 Å². The number of carbonyl (C=O) groups excluding carboxylic acids is 1. The highest BCUT2D eigenvalue weighted by molar-refractivity contribution is 7.95. The van der Waals surface area contributed by atoms with Gasteiger partial charge in [0.1, 0.15) is 10.6 Å². The number of hydrogen-bond donors (Lipinski definition) is 0. The highest BCUT2D eigenvalue weighted by Gasteiger charge is 2.30. The number of pyridine rings is 1. The highest BCUT2D eigenvalue weighted by atomic mass is 32.2. The van der Waals surface area contributed by atoms with Crippen molar-refractivity contribution < 1.29 is 17.9 Å². The fourth-order valence-corrected chi connectivity index (χ4v) is 4.98. The summed E-state index contributed by atoms with van der Waals surface area (Å²) >= 11 is 1.07. The summed E-state index contributed by atoms with van der Waals surface area (Å²) in [5.41, 5.74) is 3.15. The average molecular weight is 472 g/mol. The zero-order valence-corrected chi connectivity index (χ0v) is 20.0. The summed E-state index contributed by atoms with van der Waals surface area (Å²) in [5, 5.41) is 1.31. The molecule has 0 unspecified atom stereocenters. The van der Waals surface area contributed by atoms with Gasteiger partial charge in [0.05, 0.1) is 17.5 Å². The Morgan fingerprint density at radius 3 is 2.53 bits per heavy atom. The quantitative estimate of drug-likeness (QED) is 0.460. The van der Waals surface area contributed by atoms with Crippen molar-refractivity contribution >= 4 is 38.4 Å². The Hall–Kier alpha value is -3.04. The highest BCUT2D eigenvalue weighted by Crippen LogP contribution is 2.31. The van der Waals surface area contributed by atoms with Crippen LogP contribution in [0.3, 0.4) is 0 Å². The molecule has 0 aliphatic heterocycles. The van der Waals surface area contributed by atoms with Gasteiger partial charge < -0.3 is 4.74 Å². The topological polar surface area (TPSA) is 89.5 Å². The van der Waals surface area contributed by atoms with Crippen molar-refractivity contribution in [3.05, 3.63) is 82.1 Å². The lowest BCUT2D eigenvalue weighted by Crippen LogP contribution is -2.31. The Balaban J connectivity index is 2.02. The number of hydrogen-bond acceptors (Lipinski definition) is 7. The molecular formula is C23H25N3O4S2. The number of ether oxygens (including phenoxy) is 1. The van der Waals surface area contributed by atoms with E-state index in [0.717, 1.165) is 27.9 Å².